The Morgan fingerprint density at radius 1 is 1.41 bits per heavy atom. The van der Waals surface area contributed by atoms with Crippen molar-refractivity contribution in [3.63, 3.8) is 0 Å². The van der Waals surface area contributed by atoms with Gasteiger partial charge in [0.2, 0.25) is 5.52 Å². The highest BCUT2D eigenvalue weighted by molar-refractivity contribution is 7.71. The smallest absolute Gasteiger partial charge is 0.349 e. The lowest BCUT2D eigenvalue weighted by atomic mass is 10.2. The van der Waals surface area contributed by atoms with Crippen LogP contribution in [0.15, 0.2) is 17.8 Å². The van der Waals surface area contributed by atoms with Gasteiger partial charge in [0.05, 0.1) is 19.0 Å². The quantitative estimate of drug-likeness (QED) is 0.162. The number of aliphatic hydroxyl groups is 1. The van der Waals surface area contributed by atoms with E-state index in [0.29, 0.717) is 11.2 Å². The fraction of sp³-hybridized carbons (Fsp3) is 0.545. The van der Waals surface area contributed by atoms with Gasteiger partial charge in [-0.1, -0.05) is 5.11 Å². The molecule has 2 aromatic heterocycles. The van der Waals surface area contributed by atoms with Gasteiger partial charge in [-0.15, -0.1) is 0 Å². The molecule has 3 heterocycles. The fourth-order valence-corrected chi connectivity index (χ4v) is 5.30. The molecule has 2 unspecified atom stereocenters. The number of imidazole rings is 1. The van der Waals surface area contributed by atoms with Crippen LogP contribution in [0.3, 0.4) is 0 Å². The maximum absolute atomic E-state index is 12.1. The van der Waals surface area contributed by atoms with Crippen molar-refractivity contribution in [1.82, 2.24) is 19.5 Å². The van der Waals surface area contributed by atoms with Gasteiger partial charge in [-0.05, 0) is 5.53 Å². The number of aromatic nitrogens is 4. The number of anilines is 1. The van der Waals surface area contributed by atoms with Crippen LogP contribution < -0.4 is 5.73 Å². The van der Waals surface area contributed by atoms with Gasteiger partial charge in [-0.25, -0.2) is 15.0 Å². The number of nitrogen functional groups attached to an aromatic ring is 1. The minimum absolute atomic E-state index is 0.0391. The van der Waals surface area contributed by atoms with E-state index in [2.05, 4.69) is 25.0 Å². The van der Waals surface area contributed by atoms with E-state index >= 15 is 0 Å². The van der Waals surface area contributed by atoms with Gasteiger partial charge in [0, 0.05) is 11.3 Å². The van der Waals surface area contributed by atoms with E-state index in [-0.39, 0.29) is 12.2 Å². The van der Waals surface area contributed by atoms with Crippen LogP contribution in [0.2, 0.25) is 0 Å². The largest absolute Gasteiger partial charge is 0.390 e. The Morgan fingerprint density at radius 3 is 2.79 bits per heavy atom. The zero-order valence-corrected chi connectivity index (χ0v) is 16.2. The van der Waals surface area contributed by atoms with Crippen LogP contribution in [0, 0.1) is 0 Å². The van der Waals surface area contributed by atoms with Crippen molar-refractivity contribution in [3.05, 3.63) is 23.1 Å². The van der Waals surface area contributed by atoms with E-state index in [1.807, 2.05) is 0 Å². The second kappa shape index (κ2) is 7.95. The third kappa shape index (κ3) is 4.41. The lowest BCUT2D eigenvalue weighted by Crippen LogP contribution is -2.26. The molecule has 1 aliphatic rings. The Morgan fingerprint density at radius 2 is 2.14 bits per heavy atom. The first kappa shape index (κ1) is 21.6. The topological polar surface area (TPSA) is 252 Å². The van der Waals surface area contributed by atoms with Crippen molar-refractivity contribution in [1.29, 1.82) is 0 Å². The summed E-state index contributed by atoms with van der Waals surface area (Å²) in [5.74, 6) is 0.148. The van der Waals surface area contributed by atoms with Gasteiger partial charge in [-0.3, -0.25) is 13.7 Å². The molecule has 0 spiro atoms. The van der Waals surface area contributed by atoms with Gasteiger partial charge in [0.15, 0.2) is 11.5 Å². The molecule has 0 aromatic carbocycles. The van der Waals surface area contributed by atoms with Gasteiger partial charge in [0.25, 0.3) is 0 Å². The first-order chi connectivity index (χ1) is 13.5. The Kier molecular flexibility index (Phi) is 5.92. The molecule has 0 amide bonds. The Hall–Kier alpha value is -2.12. The van der Waals surface area contributed by atoms with Crippen molar-refractivity contribution in [2.45, 2.75) is 30.4 Å². The number of rotatable bonds is 7. The molecule has 158 valence electrons. The summed E-state index contributed by atoms with van der Waals surface area (Å²) in [5.41, 5.74) is 12.1. The Balaban J connectivity index is 1.73. The number of nitrogens with zero attached hydrogens (tertiary/aromatic N) is 7. The van der Waals surface area contributed by atoms with Crippen LogP contribution in [0.1, 0.15) is 12.6 Å². The van der Waals surface area contributed by atoms with Crippen LogP contribution in [-0.2, 0) is 18.4 Å². The molecule has 0 aliphatic carbocycles. The van der Waals surface area contributed by atoms with Crippen molar-refractivity contribution in [3.8, 4) is 0 Å². The van der Waals surface area contributed by atoms with E-state index in [4.69, 9.17) is 30.3 Å². The van der Waals surface area contributed by atoms with Gasteiger partial charge >= 0.3 is 15.2 Å². The predicted molar refractivity (Wildman–Crippen MR) is 95.0 cm³/mol. The summed E-state index contributed by atoms with van der Waals surface area (Å²) in [6, 6.07) is 0. The van der Waals surface area contributed by atoms with E-state index < -0.39 is 45.8 Å². The average molecular weight is 450 g/mol. The summed E-state index contributed by atoms with van der Waals surface area (Å²) in [7, 11) is -10.4. The standard InChI is InChI=1S/C11H16N8O8P2/c12-9-8-10(15-3-14-9)19(4-16-8)7-1-5(20)6(27-7)2-26-29(24,25)11(17-18-13)28(21,22)23/h3-7,11,20H,1-2H2,(H,24,25)(H2,12,14,15)(H2,21,22,23)/t5-,6+,7+,11?/m0/s1. The second-order valence-electron chi connectivity index (χ2n) is 6.02. The summed E-state index contributed by atoms with van der Waals surface area (Å²) < 4.78 is 35.2. The number of hydrogen-bond acceptors (Lipinski definition) is 10. The molecule has 1 fully saturated rings. The molecular formula is C11H16N8O8P2. The van der Waals surface area contributed by atoms with Crippen LogP contribution in [0.5, 0.6) is 0 Å². The highest BCUT2D eigenvalue weighted by Gasteiger charge is 2.46. The summed E-state index contributed by atoms with van der Waals surface area (Å²) in [5, 5.41) is 12.8. The third-order valence-electron chi connectivity index (χ3n) is 4.07. The zero-order valence-electron chi connectivity index (χ0n) is 14.4. The van der Waals surface area contributed by atoms with E-state index in [1.165, 1.54) is 17.2 Å². The van der Waals surface area contributed by atoms with Gasteiger partial charge in [0.1, 0.15) is 24.2 Å². The molecule has 18 heteroatoms. The number of azide groups is 1. The molecule has 3 rings (SSSR count). The molecule has 1 aliphatic heterocycles. The van der Waals surface area contributed by atoms with Crippen molar-refractivity contribution >= 4 is 32.2 Å². The minimum Gasteiger partial charge on any atom is -0.390 e. The van der Waals surface area contributed by atoms with E-state index in [1.54, 1.807) is 0 Å². The predicted octanol–water partition coefficient (Wildman–Crippen LogP) is 0.0305. The number of hydrogen-bond donors (Lipinski definition) is 5. The van der Waals surface area contributed by atoms with Crippen molar-refractivity contribution < 1.29 is 38.2 Å². The maximum Gasteiger partial charge on any atom is 0.349 e. The van der Waals surface area contributed by atoms with Crippen molar-refractivity contribution in [2.24, 2.45) is 5.11 Å². The Bertz CT molecular complexity index is 1050. The van der Waals surface area contributed by atoms with Crippen LogP contribution >= 0.6 is 15.2 Å². The first-order valence-electron chi connectivity index (χ1n) is 7.87. The summed E-state index contributed by atoms with van der Waals surface area (Å²) in [6.07, 6.45) is -0.409. The molecule has 0 bridgehead atoms. The van der Waals surface area contributed by atoms with E-state index in [0.717, 1.165) is 0 Å². The number of nitrogens with two attached hydrogens (primary N) is 1. The molecule has 5 atom stereocenters. The van der Waals surface area contributed by atoms with Gasteiger partial charge in [-0.2, -0.15) is 0 Å². The molecule has 16 nitrogen and oxygen atoms in total. The van der Waals surface area contributed by atoms with Crippen LogP contribution in [-0.4, -0.2) is 63.6 Å². The molecule has 0 radical (unpaired) electrons. The third-order valence-corrected chi connectivity index (χ3v) is 7.76. The summed E-state index contributed by atoms with van der Waals surface area (Å²) in [4.78, 5) is 42.1. The second-order valence-corrected chi connectivity index (χ2v) is 9.97. The van der Waals surface area contributed by atoms with Crippen molar-refractivity contribution in [2.75, 3.05) is 12.3 Å². The molecule has 6 N–H and O–H groups in total. The maximum atomic E-state index is 12.1. The van der Waals surface area contributed by atoms with Crippen LogP contribution in [0.4, 0.5) is 5.82 Å². The monoisotopic (exact) mass is 450 g/mol. The highest BCUT2D eigenvalue weighted by Crippen LogP contribution is 2.63. The molecule has 29 heavy (non-hydrogen) atoms. The Labute approximate surface area is 161 Å². The molecule has 0 saturated carbocycles. The lowest BCUT2D eigenvalue weighted by Gasteiger charge is -2.22. The zero-order chi connectivity index (χ0) is 21.4. The van der Waals surface area contributed by atoms with Crippen LogP contribution in [0.25, 0.3) is 21.6 Å². The minimum atomic E-state index is -5.27. The summed E-state index contributed by atoms with van der Waals surface area (Å²) >= 11 is 0. The number of ether oxygens (including phenoxy) is 1. The number of aliphatic hydroxyl groups excluding tert-OH is 1. The highest BCUT2D eigenvalue weighted by atomic mass is 31.2. The fourth-order valence-electron chi connectivity index (χ4n) is 2.73. The number of fused-ring (bicyclic) bond motifs is 1. The first-order valence-corrected chi connectivity index (χ1v) is 11.2. The van der Waals surface area contributed by atoms with E-state index in [9.17, 15) is 19.1 Å². The molecular weight excluding hydrogens is 434 g/mol. The molecule has 2 aromatic rings. The average Bonchev–Trinajstić information content (AvgIpc) is 3.21. The normalized spacial score (nSPS) is 25.4. The molecule has 1 saturated heterocycles. The SMILES string of the molecule is [N-]=[N+]=NC(P(=O)(O)O)P(=O)(O)OC[C@H]1O[C@@H](n2cnc3c(N)ncnc32)C[C@@H]1O. The van der Waals surface area contributed by atoms with Gasteiger partial charge < -0.3 is 34.8 Å². The summed E-state index contributed by atoms with van der Waals surface area (Å²) in [6.45, 7) is -0.702. The lowest BCUT2D eigenvalue weighted by molar-refractivity contribution is -0.0397.